The fourth-order valence-corrected chi connectivity index (χ4v) is 1.99. The summed E-state index contributed by atoms with van der Waals surface area (Å²) in [5.41, 5.74) is 0.538. The van der Waals surface area contributed by atoms with Crippen LogP contribution in [0.5, 0.6) is 0 Å². The molecule has 0 unspecified atom stereocenters. The molecule has 0 amide bonds. The lowest BCUT2D eigenvalue weighted by atomic mass is 10.1. The van der Waals surface area contributed by atoms with Crippen LogP contribution in [-0.4, -0.2) is 24.3 Å². The first-order valence-electron chi connectivity index (χ1n) is 4.12. The van der Waals surface area contributed by atoms with Crippen LogP contribution in [0.1, 0.15) is 20.8 Å². The quantitative estimate of drug-likeness (QED) is 0.541. The van der Waals surface area contributed by atoms with Gasteiger partial charge in [-0.05, 0) is 26.3 Å². The fourth-order valence-electron chi connectivity index (χ4n) is 1.01. The Balaban J connectivity index is 4.51. The maximum Gasteiger partial charge on any atom is 0.267 e. The third-order valence-electron chi connectivity index (χ3n) is 1.55. The van der Waals surface area contributed by atoms with Crippen molar-refractivity contribution in [2.45, 2.75) is 26.3 Å². The summed E-state index contributed by atoms with van der Waals surface area (Å²) in [5.74, 6) is -0.369. The zero-order chi connectivity index (χ0) is 11.6. The van der Waals surface area contributed by atoms with Gasteiger partial charge in [0.05, 0.1) is 5.75 Å². The van der Waals surface area contributed by atoms with Gasteiger partial charge in [-0.25, -0.2) is 0 Å². The van der Waals surface area contributed by atoms with Crippen molar-refractivity contribution in [3.05, 3.63) is 24.4 Å². The molecule has 0 saturated heterocycles. The van der Waals surface area contributed by atoms with Crippen molar-refractivity contribution < 1.29 is 13.0 Å². The van der Waals surface area contributed by atoms with Crippen molar-refractivity contribution in [2.24, 2.45) is 0 Å². The molecule has 14 heavy (non-hydrogen) atoms. The molecule has 0 fully saturated rings. The maximum absolute atomic E-state index is 10.7. The van der Waals surface area contributed by atoms with Gasteiger partial charge in [0, 0.05) is 11.2 Å². The first kappa shape index (κ1) is 13.2. The second-order valence-corrected chi connectivity index (χ2v) is 5.45. The van der Waals surface area contributed by atoms with E-state index in [9.17, 15) is 8.42 Å². The predicted molar refractivity (Wildman–Crippen MR) is 57.6 cm³/mol. The molecule has 82 valence electrons. The van der Waals surface area contributed by atoms with Crippen LogP contribution in [0.25, 0.3) is 0 Å². The Labute approximate surface area is 85.5 Å². The highest BCUT2D eigenvalue weighted by atomic mass is 32.2. The molecule has 0 heterocycles. The Kier molecular flexibility index (Phi) is 3.91. The highest BCUT2D eigenvalue weighted by Crippen LogP contribution is 2.11. The van der Waals surface area contributed by atoms with Crippen LogP contribution in [0.2, 0.25) is 0 Å². The Bertz CT molecular complexity index is 341. The van der Waals surface area contributed by atoms with Crippen LogP contribution in [0.15, 0.2) is 24.4 Å². The van der Waals surface area contributed by atoms with Crippen molar-refractivity contribution in [1.29, 1.82) is 0 Å². The Hall–Kier alpha value is -0.810. The highest BCUT2D eigenvalue weighted by molar-refractivity contribution is 7.85. The first-order chi connectivity index (χ1) is 6.03. The summed E-state index contributed by atoms with van der Waals surface area (Å²) in [6.45, 7) is 12.4. The van der Waals surface area contributed by atoms with Gasteiger partial charge in [0.1, 0.15) is 0 Å². The van der Waals surface area contributed by atoms with Crippen molar-refractivity contribution >= 4 is 10.1 Å². The van der Waals surface area contributed by atoms with Gasteiger partial charge in [-0.3, -0.25) is 4.55 Å². The minimum atomic E-state index is -3.99. The molecule has 5 heteroatoms. The van der Waals surface area contributed by atoms with E-state index in [-0.39, 0.29) is 5.75 Å². The molecule has 0 aliphatic heterocycles. The number of allylic oxidation sites excluding steroid dienone is 1. The summed E-state index contributed by atoms with van der Waals surface area (Å²) in [6, 6.07) is 0. The second-order valence-electron chi connectivity index (χ2n) is 3.99. The van der Waals surface area contributed by atoms with E-state index < -0.39 is 15.7 Å². The number of nitrogens with one attached hydrogen (secondary N) is 1. The van der Waals surface area contributed by atoms with Gasteiger partial charge in [-0.1, -0.05) is 13.2 Å². The molecule has 2 N–H and O–H groups in total. The summed E-state index contributed by atoms with van der Waals surface area (Å²) < 4.78 is 30.0. The molecule has 4 nitrogen and oxygen atoms in total. The zero-order valence-corrected chi connectivity index (χ0v) is 9.61. The van der Waals surface area contributed by atoms with E-state index in [1.807, 2.05) is 0 Å². The average molecular weight is 219 g/mol. The molecule has 0 atom stereocenters. The van der Waals surface area contributed by atoms with Crippen LogP contribution < -0.4 is 5.32 Å². The van der Waals surface area contributed by atoms with Gasteiger partial charge in [-0.15, -0.1) is 0 Å². The summed E-state index contributed by atoms with van der Waals surface area (Å²) in [5, 5.41) is 2.88. The molecule has 0 rings (SSSR count). The third-order valence-corrected chi connectivity index (χ3v) is 2.63. The molecule has 0 aromatic rings. The predicted octanol–water partition coefficient (Wildman–Crippen LogP) is 1.33. The molecule has 0 aliphatic rings. The van der Waals surface area contributed by atoms with Crippen LogP contribution in [0.4, 0.5) is 0 Å². The largest absolute Gasteiger partial charge is 0.379 e. The van der Waals surface area contributed by atoms with Crippen molar-refractivity contribution in [2.75, 3.05) is 5.75 Å². The van der Waals surface area contributed by atoms with Crippen molar-refractivity contribution in [3.8, 4) is 0 Å². The van der Waals surface area contributed by atoms with Crippen LogP contribution in [-0.2, 0) is 10.1 Å². The molecule has 0 spiro atoms. The van der Waals surface area contributed by atoms with Crippen molar-refractivity contribution in [3.63, 3.8) is 0 Å². The first-order valence-corrected chi connectivity index (χ1v) is 5.72. The van der Waals surface area contributed by atoms with Gasteiger partial charge in [0.15, 0.2) is 0 Å². The number of rotatable bonds is 5. The average Bonchev–Trinajstić information content (AvgIpc) is 1.78. The van der Waals surface area contributed by atoms with E-state index >= 15 is 0 Å². The number of hydrogen-bond acceptors (Lipinski definition) is 3. The van der Waals surface area contributed by atoms with E-state index in [1.165, 1.54) is 0 Å². The molecule has 0 aromatic heterocycles. The van der Waals surface area contributed by atoms with E-state index in [2.05, 4.69) is 18.5 Å². The van der Waals surface area contributed by atoms with E-state index in [0.29, 0.717) is 5.70 Å². The van der Waals surface area contributed by atoms with Crippen LogP contribution in [0, 0.1) is 0 Å². The molecular formula is C9H17NO3S. The second kappa shape index (κ2) is 4.14. The van der Waals surface area contributed by atoms with E-state index in [1.54, 1.807) is 20.8 Å². The maximum atomic E-state index is 10.7. The minimum absolute atomic E-state index is 0.369. The van der Waals surface area contributed by atoms with Gasteiger partial charge in [-0.2, -0.15) is 8.42 Å². The fraction of sp³-hybridized carbons (Fsp3) is 0.556. The zero-order valence-electron chi connectivity index (χ0n) is 8.79. The Morgan fingerprint density at radius 2 is 1.86 bits per heavy atom. The topological polar surface area (TPSA) is 66.4 Å². The lowest BCUT2D eigenvalue weighted by molar-refractivity contribution is 0.431. The van der Waals surface area contributed by atoms with E-state index in [4.69, 9.17) is 4.55 Å². The SMILES string of the molecule is C=C(C)C(=C)NC(C)(C)CS(=O)(=O)O. The third kappa shape index (κ3) is 5.77. The molecular weight excluding hydrogens is 202 g/mol. The van der Waals surface area contributed by atoms with Crippen LogP contribution >= 0.6 is 0 Å². The Morgan fingerprint density at radius 1 is 1.43 bits per heavy atom. The van der Waals surface area contributed by atoms with Gasteiger partial charge < -0.3 is 5.32 Å². The van der Waals surface area contributed by atoms with Crippen molar-refractivity contribution in [1.82, 2.24) is 5.32 Å². The summed E-state index contributed by atoms with van der Waals surface area (Å²) in [4.78, 5) is 0. The summed E-state index contributed by atoms with van der Waals surface area (Å²) in [7, 11) is -3.99. The smallest absolute Gasteiger partial charge is 0.267 e. The van der Waals surface area contributed by atoms with Crippen LogP contribution in [0.3, 0.4) is 0 Å². The Morgan fingerprint density at radius 3 is 2.14 bits per heavy atom. The summed E-state index contributed by atoms with van der Waals surface area (Å²) in [6.07, 6.45) is 0. The van der Waals surface area contributed by atoms with Gasteiger partial charge in [0.2, 0.25) is 0 Å². The molecule has 0 bridgehead atoms. The molecule has 0 aromatic carbocycles. The monoisotopic (exact) mass is 219 g/mol. The number of hydrogen-bond donors (Lipinski definition) is 2. The normalized spacial score (nSPS) is 12.3. The highest BCUT2D eigenvalue weighted by Gasteiger charge is 2.24. The minimum Gasteiger partial charge on any atom is -0.379 e. The van der Waals surface area contributed by atoms with Gasteiger partial charge >= 0.3 is 0 Å². The van der Waals surface area contributed by atoms with E-state index in [0.717, 1.165) is 5.57 Å². The molecule has 0 saturated carbocycles. The standard InChI is InChI=1S/C9H17NO3S/c1-7(2)8(3)10-9(4,5)6-14(11,12)13/h10H,1,3,6H2,2,4-5H3,(H,11,12,13). The molecule has 0 aliphatic carbocycles. The lowest BCUT2D eigenvalue weighted by Crippen LogP contribution is -2.44. The summed E-state index contributed by atoms with van der Waals surface area (Å²) >= 11 is 0. The van der Waals surface area contributed by atoms with Gasteiger partial charge in [0.25, 0.3) is 10.1 Å². The molecule has 0 radical (unpaired) electrons. The lowest BCUT2D eigenvalue weighted by Gasteiger charge is -2.27.